The number of ether oxygens (including phenoxy) is 1. The summed E-state index contributed by atoms with van der Waals surface area (Å²) >= 11 is 2.20. The van der Waals surface area contributed by atoms with E-state index in [1.54, 1.807) is 12.1 Å². The van der Waals surface area contributed by atoms with Crippen molar-refractivity contribution in [2.45, 2.75) is 6.42 Å². The number of halogens is 1. The highest BCUT2D eigenvalue weighted by molar-refractivity contribution is 14.1. The van der Waals surface area contributed by atoms with E-state index in [2.05, 4.69) is 27.5 Å². The highest BCUT2D eigenvalue weighted by Crippen LogP contribution is 2.08. The molecule has 0 aliphatic heterocycles. The van der Waals surface area contributed by atoms with E-state index >= 15 is 0 Å². The molecule has 0 bridgehead atoms. The quantitative estimate of drug-likeness (QED) is 0.471. The lowest BCUT2D eigenvalue weighted by Crippen LogP contribution is -2.16. The second kappa shape index (κ2) is 6.85. The summed E-state index contributed by atoms with van der Waals surface area (Å²) in [5.74, 6) is -0.241. The van der Waals surface area contributed by atoms with Crippen LogP contribution >= 0.6 is 22.6 Å². The highest BCUT2D eigenvalue weighted by atomic mass is 127. The van der Waals surface area contributed by atoms with Crippen molar-refractivity contribution in [1.82, 2.24) is 4.90 Å². The average Bonchev–Trinajstić information content (AvgIpc) is 2.25. The Morgan fingerprint density at radius 3 is 2.50 bits per heavy atom. The summed E-state index contributed by atoms with van der Waals surface area (Å²) in [6, 6.07) is 7.38. The summed E-state index contributed by atoms with van der Waals surface area (Å²) in [5.41, 5.74) is 0.616. The van der Waals surface area contributed by atoms with Crippen molar-refractivity contribution in [2.24, 2.45) is 0 Å². The molecule has 0 aliphatic carbocycles. The van der Waals surface area contributed by atoms with Crippen LogP contribution in [0.4, 0.5) is 0 Å². The fourth-order valence-corrected chi connectivity index (χ4v) is 1.57. The Morgan fingerprint density at radius 1 is 1.31 bits per heavy atom. The Balaban J connectivity index is 2.32. The van der Waals surface area contributed by atoms with Crippen LogP contribution in [-0.4, -0.2) is 38.1 Å². The number of hydrogen-bond donors (Lipinski definition) is 0. The summed E-state index contributed by atoms with van der Waals surface area (Å²) in [4.78, 5) is 13.6. The Hall–Kier alpha value is -0.620. The molecule has 0 aliphatic rings. The second-order valence-corrected chi connectivity index (χ2v) is 5.05. The van der Waals surface area contributed by atoms with Gasteiger partial charge in [0.2, 0.25) is 0 Å². The van der Waals surface area contributed by atoms with Crippen LogP contribution in [0, 0.1) is 3.57 Å². The third kappa shape index (κ3) is 4.94. The molecule has 1 rings (SSSR count). The fraction of sp³-hybridized carbons (Fsp3) is 0.417. The molecule has 16 heavy (non-hydrogen) atoms. The third-order valence-corrected chi connectivity index (χ3v) is 2.78. The number of esters is 1. The van der Waals surface area contributed by atoms with E-state index in [9.17, 15) is 4.79 Å². The molecule has 3 nitrogen and oxygen atoms in total. The minimum absolute atomic E-state index is 0.241. The molecule has 0 amide bonds. The molecule has 0 radical (unpaired) electrons. The molecule has 4 heteroatoms. The van der Waals surface area contributed by atoms with Gasteiger partial charge in [0.1, 0.15) is 0 Å². The first kappa shape index (κ1) is 13.4. The molecule has 0 saturated heterocycles. The van der Waals surface area contributed by atoms with E-state index in [1.165, 1.54) is 0 Å². The lowest BCUT2D eigenvalue weighted by atomic mass is 10.2. The zero-order valence-electron chi connectivity index (χ0n) is 9.57. The van der Waals surface area contributed by atoms with Crippen LogP contribution in [0.25, 0.3) is 0 Å². The van der Waals surface area contributed by atoms with Gasteiger partial charge >= 0.3 is 5.97 Å². The van der Waals surface area contributed by atoms with E-state index in [4.69, 9.17) is 4.74 Å². The normalized spacial score (nSPS) is 10.5. The minimum atomic E-state index is -0.241. The number of hydrogen-bond acceptors (Lipinski definition) is 3. The molecular weight excluding hydrogens is 317 g/mol. The molecular formula is C12H16INO2. The third-order valence-electron chi connectivity index (χ3n) is 2.06. The van der Waals surface area contributed by atoms with Crippen molar-refractivity contribution < 1.29 is 9.53 Å². The monoisotopic (exact) mass is 333 g/mol. The Bertz CT molecular complexity index is 335. The molecule has 1 aromatic carbocycles. The molecule has 0 atom stereocenters. The summed E-state index contributed by atoms with van der Waals surface area (Å²) in [6.07, 6.45) is 0.864. The lowest BCUT2D eigenvalue weighted by molar-refractivity contribution is 0.0493. The lowest BCUT2D eigenvalue weighted by Gasteiger charge is -2.09. The van der Waals surface area contributed by atoms with Crippen LogP contribution in [0.5, 0.6) is 0 Å². The summed E-state index contributed by atoms with van der Waals surface area (Å²) in [5, 5.41) is 0. The van der Waals surface area contributed by atoms with Gasteiger partial charge in [-0.25, -0.2) is 4.79 Å². The molecule has 1 aromatic rings. The smallest absolute Gasteiger partial charge is 0.338 e. The van der Waals surface area contributed by atoms with Crippen molar-refractivity contribution in [3.63, 3.8) is 0 Å². The average molecular weight is 333 g/mol. The SMILES string of the molecule is CN(C)CCCOC(=O)c1ccc(I)cc1. The summed E-state index contributed by atoms with van der Waals surface area (Å²) in [7, 11) is 4.00. The van der Waals surface area contributed by atoms with Crippen LogP contribution in [0.15, 0.2) is 24.3 Å². The standard InChI is InChI=1S/C12H16INO2/c1-14(2)8-3-9-16-12(15)10-4-6-11(13)7-5-10/h4-7H,3,8-9H2,1-2H3. The molecule has 0 unspecified atom stereocenters. The van der Waals surface area contributed by atoms with E-state index in [0.29, 0.717) is 12.2 Å². The molecule has 0 spiro atoms. The zero-order chi connectivity index (χ0) is 12.0. The van der Waals surface area contributed by atoms with E-state index in [0.717, 1.165) is 16.5 Å². The Kier molecular flexibility index (Phi) is 5.76. The molecule has 0 N–H and O–H groups in total. The van der Waals surface area contributed by atoms with Gasteiger partial charge in [0.05, 0.1) is 12.2 Å². The fourth-order valence-electron chi connectivity index (χ4n) is 1.21. The number of carbonyl (C=O) groups excluding carboxylic acids is 1. The van der Waals surface area contributed by atoms with Crippen molar-refractivity contribution in [3.8, 4) is 0 Å². The van der Waals surface area contributed by atoms with Crippen LogP contribution in [0.2, 0.25) is 0 Å². The van der Waals surface area contributed by atoms with E-state index < -0.39 is 0 Å². The first-order valence-corrected chi connectivity index (χ1v) is 6.25. The first-order valence-electron chi connectivity index (χ1n) is 5.17. The van der Waals surface area contributed by atoms with Crippen LogP contribution in [-0.2, 0) is 4.74 Å². The topological polar surface area (TPSA) is 29.5 Å². The molecule has 0 saturated carbocycles. The van der Waals surface area contributed by atoms with Crippen LogP contribution < -0.4 is 0 Å². The minimum Gasteiger partial charge on any atom is -0.462 e. The van der Waals surface area contributed by atoms with Crippen LogP contribution in [0.3, 0.4) is 0 Å². The van der Waals surface area contributed by atoms with Crippen molar-refractivity contribution in [2.75, 3.05) is 27.2 Å². The Labute approximate surface area is 110 Å². The predicted molar refractivity (Wildman–Crippen MR) is 72.6 cm³/mol. The highest BCUT2D eigenvalue weighted by Gasteiger charge is 2.05. The van der Waals surface area contributed by atoms with E-state index in [1.807, 2.05) is 26.2 Å². The summed E-state index contributed by atoms with van der Waals surface area (Å²) < 4.78 is 6.26. The number of benzene rings is 1. The second-order valence-electron chi connectivity index (χ2n) is 3.80. The van der Waals surface area contributed by atoms with Crippen molar-refractivity contribution in [3.05, 3.63) is 33.4 Å². The largest absolute Gasteiger partial charge is 0.462 e. The number of rotatable bonds is 5. The number of carbonyl (C=O) groups is 1. The predicted octanol–water partition coefficient (Wildman–Crippen LogP) is 2.40. The van der Waals surface area contributed by atoms with Gasteiger partial charge < -0.3 is 9.64 Å². The van der Waals surface area contributed by atoms with Gasteiger partial charge in [-0.1, -0.05) is 0 Å². The maximum atomic E-state index is 11.6. The van der Waals surface area contributed by atoms with Gasteiger partial charge in [0.25, 0.3) is 0 Å². The van der Waals surface area contributed by atoms with E-state index in [-0.39, 0.29) is 5.97 Å². The van der Waals surface area contributed by atoms with Crippen molar-refractivity contribution in [1.29, 1.82) is 0 Å². The van der Waals surface area contributed by atoms with Crippen LogP contribution in [0.1, 0.15) is 16.8 Å². The maximum absolute atomic E-state index is 11.6. The molecule has 0 fully saturated rings. The van der Waals surface area contributed by atoms with Gasteiger partial charge in [0.15, 0.2) is 0 Å². The molecule has 88 valence electrons. The molecule has 0 aromatic heterocycles. The van der Waals surface area contributed by atoms with Gasteiger partial charge in [-0.05, 0) is 67.4 Å². The van der Waals surface area contributed by atoms with Crippen molar-refractivity contribution >= 4 is 28.6 Å². The Morgan fingerprint density at radius 2 is 1.94 bits per heavy atom. The number of nitrogens with zero attached hydrogens (tertiary/aromatic N) is 1. The van der Waals surface area contributed by atoms with Gasteiger partial charge in [-0.2, -0.15) is 0 Å². The first-order chi connectivity index (χ1) is 7.59. The van der Waals surface area contributed by atoms with Gasteiger partial charge in [-0.15, -0.1) is 0 Å². The molecule has 0 heterocycles. The maximum Gasteiger partial charge on any atom is 0.338 e. The van der Waals surface area contributed by atoms with Gasteiger partial charge in [-0.3, -0.25) is 0 Å². The van der Waals surface area contributed by atoms with Gasteiger partial charge in [0, 0.05) is 10.1 Å². The summed E-state index contributed by atoms with van der Waals surface area (Å²) in [6.45, 7) is 1.41. The zero-order valence-corrected chi connectivity index (χ0v) is 11.7.